The minimum atomic E-state index is 0.762. The van der Waals surface area contributed by atoms with Crippen LogP contribution in [-0.2, 0) is 5.75 Å². The van der Waals surface area contributed by atoms with E-state index in [2.05, 4.69) is 37.3 Å². The van der Waals surface area contributed by atoms with Crippen molar-refractivity contribution in [1.82, 2.24) is 19.7 Å². The van der Waals surface area contributed by atoms with E-state index in [0.29, 0.717) is 0 Å². The van der Waals surface area contributed by atoms with Crippen molar-refractivity contribution in [3.05, 3.63) is 70.7 Å². The predicted octanol–water partition coefficient (Wildman–Crippen LogP) is 5.00. The Bertz CT molecular complexity index is 1030. The number of ether oxygens (including phenoxy) is 1. The van der Waals surface area contributed by atoms with Gasteiger partial charge in [-0.25, -0.2) is 4.98 Å². The first-order valence-electron chi connectivity index (χ1n) is 8.43. The van der Waals surface area contributed by atoms with E-state index < -0.39 is 0 Å². The zero-order valence-corrected chi connectivity index (χ0v) is 16.6. The topological polar surface area (TPSA) is 52.8 Å². The second-order valence-electron chi connectivity index (χ2n) is 5.85. The van der Waals surface area contributed by atoms with Crippen molar-refractivity contribution in [2.24, 2.45) is 0 Å². The molecule has 0 atom stereocenters. The molecule has 0 amide bonds. The van der Waals surface area contributed by atoms with E-state index in [0.717, 1.165) is 44.4 Å². The summed E-state index contributed by atoms with van der Waals surface area (Å²) < 4.78 is 7.35. The van der Waals surface area contributed by atoms with Crippen LogP contribution in [-0.4, -0.2) is 26.9 Å². The average molecular weight is 395 g/mol. The molecule has 4 aromatic rings. The molecule has 0 aliphatic rings. The molecule has 2 aromatic heterocycles. The third-order valence-electron chi connectivity index (χ3n) is 4.01. The zero-order chi connectivity index (χ0) is 18.6. The van der Waals surface area contributed by atoms with Gasteiger partial charge in [-0.05, 0) is 43.3 Å². The number of rotatable bonds is 6. The Morgan fingerprint density at radius 2 is 1.81 bits per heavy atom. The molecule has 0 saturated heterocycles. The van der Waals surface area contributed by atoms with Crippen LogP contribution in [0, 0.1) is 6.92 Å². The highest BCUT2D eigenvalue weighted by molar-refractivity contribution is 7.98. The van der Waals surface area contributed by atoms with Gasteiger partial charge < -0.3 is 4.74 Å². The quantitative estimate of drug-likeness (QED) is 0.431. The molecule has 0 fully saturated rings. The molecule has 0 N–H and O–H groups in total. The minimum absolute atomic E-state index is 0.762. The van der Waals surface area contributed by atoms with E-state index in [9.17, 15) is 0 Å². The molecule has 7 heteroatoms. The maximum Gasteiger partial charge on any atom is 0.196 e. The Hall–Kier alpha value is -2.64. The molecule has 0 aliphatic carbocycles. The van der Waals surface area contributed by atoms with Crippen molar-refractivity contribution < 1.29 is 4.74 Å². The summed E-state index contributed by atoms with van der Waals surface area (Å²) in [5.41, 5.74) is 3.09. The van der Waals surface area contributed by atoms with Gasteiger partial charge in [0, 0.05) is 22.4 Å². The number of thiazole rings is 1. The average Bonchev–Trinajstić information content (AvgIpc) is 3.33. The SMILES string of the molecule is COc1ccc(-c2nnc(SCc3csc(C)n3)n2-c2ccccc2)cc1. The highest BCUT2D eigenvalue weighted by atomic mass is 32.2. The molecule has 0 bridgehead atoms. The Labute approximate surface area is 166 Å². The van der Waals surface area contributed by atoms with Gasteiger partial charge >= 0.3 is 0 Å². The summed E-state index contributed by atoms with van der Waals surface area (Å²) in [5, 5.41) is 12.9. The maximum atomic E-state index is 5.26. The van der Waals surface area contributed by atoms with Gasteiger partial charge in [-0.2, -0.15) is 0 Å². The molecule has 27 heavy (non-hydrogen) atoms. The molecule has 0 radical (unpaired) electrons. The molecule has 0 aliphatic heterocycles. The standard InChI is InChI=1S/C20H18N4OS2/c1-14-21-16(12-26-14)13-27-20-23-22-19(15-8-10-18(25-2)11-9-15)24(20)17-6-4-3-5-7-17/h3-12H,13H2,1-2H3. The second kappa shape index (κ2) is 7.94. The largest absolute Gasteiger partial charge is 0.497 e. The van der Waals surface area contributed by atoms with E-state index in [4.69, 9.17) is 4.74 Å². The number of hydrogen-bond acceptors (Lipinski definition) is 6. The first-order chi connectivity index (χ1) is 13.2. The number of thioether (sulfide) groups is 1. The monoisotopic (exact) mass is 394 g/mol. The lowest BCUT2D eigenvalue weighted by Crippen LogP contribution is -1.99. The molecule has 0 unspecified atom stereocenters. The molecule has 136 valence electrons. The Morgan fingerprint density at radius 1 is 1.04 bits per heavy atom. The third-order valence-corrected chi connectivity index (χ3v) is 5.80. The number of methoxy groups -OCH3 is 1. The number of benzene rings is 2. The van der Waals surface area contributed by atoms with Crippen LogP contribution >= 0.6 is 23.1 Å². The summed E-state index contributed by atoms with van der Waals surface area (Å²) in [6.45, 7) is 2.02. The van der Waals surface area contributed by atoms with E-state index >= 15 is 0 Å². The Kier molecular flexibility index (Phi) is 5.22. The summed E-state index contributed by atoms with van der Waals surface area (Å²) in [6.07, 6.45) is 0. The van der Waals surface area contributed by atoms with Crippen LogP contribution in [0.25, 0.3) is 17.1 Å². The Balaban J connectivity index is 1.71. The normalized spacial score (nSPS) is 10.9. The number of para-hydroxylation sites is 1. The number of aromatic nitrogens is 4. The van der Waals surface area contributed by atoms with Crippen molar-refractivity contribution in [3.8, 4) is 22.8 Å². The van der Waals surface area contributed by atoms with Crippen molar-refractivity contribution in [1.29, 1.82) is 0 Å². The lowest BCUT2D eigenvalue weighted by molar-refractivity contribution is 0.415. The molecular formula is C20H18N4OS2. The lowest BCUT2D eigenvalue weighted by Gasteiger charge is -2.10. The summed E-state index contributed by atoms with van der Waals surface area (Å²) in [7, 11) is 1.66. The zero-order valence-electron chi connectivity index (χ0n) is 15.0. The first-order valence-corrected chi connectivity index (χ1v) is 10.3. The van der Waals surface area contributed by atoms with Crippen LogP contribution in [0.2, 0.25) is 0 Å². The van der Waals surface area contributed by atoms with Gasteiger partial charge in [-0.3, -0.25) is 4.57 Å². The molecule has 0 spiro atoms. The molecular weight excluding hydrogens is 376 g/mol. The molecule has 2 aromatic carbocycles. The number of aryl methyl sites for hydroxylation is 1. The smallest absolute Gasteiger partial charge is 0.196 e. The van der Waals surface area contributed by atoms with Crippen LogP contribution in [0.15, 0.2) is 65.1 Å². The molecule has 4 rings (SSSR count). The highest BCUT2D eigenvalue weighted by Crippen LogP contribution is 2.30. The van der Waals surface area contributed by atoms with Crippen molar-refractivity contribution in [2.45, 2.75) is 17.8 Å². The van der Waals surface area contributed by atoms with Gasteiger partial charge in [0.15, 0.2) is 11.0 Å². The highest BCUT2D eigenvalue weighted by Gasteiger charge is 2.16. The van der Waals surface area contributed by atoms with Gasteiger partial charge in [0.25, 0.3) is 0 Å². The summed E-state index contributed by atoms with van der Waals surface area (Å²) in [6, 6.07) is 18.0. The van der Waals surface area contributed by atoms with Crippen LogP contribution in [0.4, 0.5) is 0 Å². The van der Waals surface area contributed by atoms with Gasteiger partial charge in [0.05, 0.1) is 17.8 Å². The summed E-state index contributed by atoms with van der Waals surface area (Å²) in [4.78, 5) is 4.54. The maximum absolute atomic E-state index is 5.26. The van der Waals surface area contributed by atoms with E-state index in [1.807, 2.05) is 49.4 Å². The van der Waals surface area contributed by atoms with Gasteiger partial charge in [-0.1, -0.05) is 30.0 Å². The molecule has 0 saturated carbocycles. The van der Waals surface area contributed by atoms with Gasteiger partial charge in [0.1, 0.15) is 5.75 Å². The van der Waals surface area contributed by atoms with Gasteiger partial charge in [-0.15, -0.1) is 21.5 Å². The van der Waals surface area contributed by atoms with Crippen LogP contribution in [0.5, 0.6) is 5.75 Å². The number of nitrogens with zero attached hydrogens (tertiary/aromatic N) is 4. The van der Waals surface area contributed by atoms with E-state index in [-0.39, 0.29) is 0 Å². The van der Waals surface area contributed by atoms with Crippen LogP contribution < -0.4 is 4.74 Å². The van der Waals surface area contributed by atoms with Gasteiger partial charge in [0.2, 0.25) is 0 Å². The fourth-order valence-corrected chi connectivity index (χ4v) is 4.28. The third kappa shape index (κ3) is 3.89. The summed E-state index contributed by atoms with van der Waals surface area (Å²) in [5.74, 6) is 2.39. The van der Waals surface area contributed by atoms with Crippen molar-refractivity contribution in [3.63, 3.8) is 0 Å². The Morgan fingerprint density at radius 3 is 2.48 bits per heavy atom. The lowest BCUT2D eigenvalue weighted by atomic mass is 10.2. The first kappa shape index (κ1) is 17.8. The number of hydrogen-bond donors (Lipinski definition) is 0. The van der Waals surface area contributed by atoms with Crippen molar-refractivity contribution in [2.75, 3.05) is 7.11 Å². The molecule has 5 nitrogen and oxygen atoms in total. The fourth-order valence-electron chi connectivity index (χ4n) is 2.71. The van der Waals surface area contributed by atoms with E-state index in [1.165, 1.54) is 0 Å². The predicted molar refractivity (Wildman–Crippen MR) is 110 cm³/mol. The van der Waals surface area contributed by atoms with Crippen molar-refractivity contribution >= 4 is 23.1 Å². The van der Waals surface area contributed by atoms with E-state index in [1.54, 1.807) is 30.2 Å². The van der Waals surface area contributed by atoms with Crippen LogP contribution in [0.1, 0.15) is 10.7 Å². The second-order valence-corrected chi connectivity index (χ2v) is 7.86. The summed E-state index contributed by atoms with van der Waals surface area (Å²) >= 11 is 3.31. The minimum Gasteiger partial charge on any atom is -0.497 e. The van der Waals surface area contributed by atoms with Crippen LogP contribution in [0.3, 0.4) is 0 Å². The molecule has 2 heterocycles. The fraction of sp³-hybridized carbons (Fsp3) is 0.150.